The molecule has 0 unspecified atom stereocenters. The third kappa shape index (κ3) is 2.66. The Labute approximate surface area is 80.2 Å². The number of halogens is 3. The molecule has 4 heteroatoms. The molecule has 0 aromatic heterocycles. The summed E-state index contributed by atoms with van der Waals surface area (Å²) in [6, 6.07) is 5.03. The summed E-state index contributed by atoms with van der Waals surface area (Å²) in [5.41, 5.74) is 0.168. The maximum atomic E-state index is 12.1. The summed E-state index contributed by atoms with van der Waals surface area (Å²) in [5, 5.41) is -0.0396. The summed E-state index contributed by atoms with van der Waals surface area (Å²) in [7, 11) is 0. The van der Waals surface area contributed by atoms with Crippen molar-refractivity contribution < 1.29 is 13.2 Å². The van der Waals surface area contributed by atoms with E-state index >= 15 is 0 Å². The quantitative estimate of drug-likeness (QED) is 0.665. The number of benzene rings is 1. The van der Waals surface area contributed by atoms with E-state index < -0.39 is 11.7 Å². The van der Waals surface area contributed by atoms with Gasteiger partial charge in [0.2, 0.25) is 0 Å². The highest BCUT2D eigenvalue weighted by Gasteiger charge is 2.29. The predicted octanol–water partition coefficient (Wildman–Crippen LogP) is 3.70. The van der Waals surface area contributed by atoms with Crippen molar-refractivity contribution in [3.8, 4) is 0 Å². The molecule has 1 atom stereocenters. The van der Waals surface area contributed by atoms with Gasteiger partial charge in [0, 0.05) is 5.25 Å². The Kier molecular flexibility index (Phi) is 2.91. The first-order chi connectivity index (χ1) is 5.91. The second kappa shape index (κ2) is 3.62. The SMILES string of the molecule is C[C@@H](S)c1ccc(C(F)(F)F)cc1. The molecule has 72 valence electrons. The van der Waals surface area contributed by atoms with Gasteiger partial charge in [-0.25, -0.2) is 0 Å². The number of thiol groups is 1. The van der Waals surface area contributed by atoms with Gasteiger partial charge in [-0.05, 0) is 24.6 Å². The highest BCUT2D eigenvalue weighted by Crippen LogP contribution is 2.30. The molecule has 13 heavy (non-hydrogen) atoms. The molecule has 0 saturated carbocycles. The zero-order chi connectivity index (χ0) is 10.1. The summed E-state index contributed by atoms with van der Waals surface area (Å²) in [5.74, 6) is 0. The number of rotatable bonds is 1. The normalized spacial score (nSPS) is 14.2. The molecule has 0 N–H and O–H groups in total. The summed E-state index contributed by atoms with van der Waals surface area (Å²) in [6.45, 7) is 1.81. The molecule has 1 rings (SSSR count). The summed E-state index contributed by atoms with van der Waals surface area (Å²) in [6.07, 6.45) is -4.25. The molecular formula is C9H9F3S. The van der Waals surface area contributed by atoms with Crippen LogP contribution in [0.3, 0.4) is 0 Å². The third-order valence-electron chi connectivity index (χ3n) is 1.72. The van der Waals surface area contributed by atoms with Crippen molar-refractivity contribution in [2.24, 2.45) is 0 Å². The van der Waals surface area contributed by atoms with E-state index in [1.165, 1.54) is 12.1 Å². The van der Waals surface area contributed by atoms with Crippen LogP contribution in [0.4, 0.5) is 13.2 Å². The molecule has 1 aromatic carbocycles. The highest BCUT2D eigenvalue weighted by atomic mass is 32.1. The van der Waals surface area contributed by atoms with Gasteiger partial charge >= 0.3 is 6.18 Å². The van der Waals surface area contributed by atoms with Crippen LogP contribution in [0.25, 0.3) is 0 Å². The summed E-state index contributed by atoms with van der Waals surface area (Å²) < 4.78 is 36.3. The van der Waals surface area contributed by atoms with Crippen molar-refractivity contribution in [2.45, 2.75) is 18.3 Å². The largest absolute Gasteiger partial charge is 0.416 e. The van der Waals surface area contributed by atoms with E-state index in [1.807, 2.05) is 6.92 Å². The lowest BCUT2D eigenvalue weighted by Crippen LogP contribution is -2.04. The van der Waals surface area contributed by atoms with Crippen LogP contribution in [0.2, 0.25) is 0 Å². The van der Waals surface area contributed by atoms with E-state index in [0.29, 0.717) is 0 Å². The van der Waals surface area contributed by atoms with Gasteiger partial charge < -0.3 is 0 Å². The molecular weight excluding hydrogens is 197 g/mol. The molecule has 0 saturated heterocycles. The van der Waals surface area contributed by atoms with Crippen LogP contribution in [0, 0.1) is 0 Å². The van der Waals surface area contributed by atoms with Gasteiger partial charge in [-0.3, -0.25) is 0 Å². The van der Waals surface area contributed by atoms with Gasteiger partial charge in [0.05, 0.1) is 5.56 Å². The minimum Gasteiger partial charge on any atom is -0.171 e. The fraction of sp³-hybridized carbons (Fsp3) is 0.333. The van der Waals surface area contributed by atoms with Crippen LogP contribution in [-0.2, 0) is 6.18 Å². The smallest absolute Gasteiger partial charge is 0.171 e. The Balaban J connectivity index is 2.94. The molecule has 1 aromatic rings. The fourth-order valence-electron chi connectivity index (χ4n) is 0.951. The molecule has 0 radical (unpaired) electrons. The Morgan fingerprint density at radius 3 is 1.92 bits per heavy atom. The molecule has 0 nitrogen and oxygen atoms in total. The lowest BCUT2D eigenvalue weighted by atomic mass is 10.1. The highest BCUT2D eigenvalue weighted by molar-refractivity contribution is 7.80. The minimum atomic E-state index is -4.25. The molecule has 0 aliphatic carbocycles. The Hall–Kier alpha value is -0.640. The molecule has 0 spiro atoms. The van der Waals surface area contributed by atoms with E-state index in [1.54, 1.807) is 0 Å². The molecule has 0 aliphatic rings. The monoisotopic (exact) mass is 206 g/mol. The minimum absolute atomic E-state index is 0.0396. The van der Waals surface area contributed by atoms with E-state index in [2.05, 4.69) is 12.6 Å². The van der Waals surface area contributed by atoms with Crippen LogP contribution in [0.5, 0.6) is 0 Å². The van der Waals surface area contributed by atoms with Crippen molar-refractivity contribution in [3.05, 3.63) is 35.4 Å². The topological polar surface area (TPSA) is 0 Å². The molecule has 0 amide bonds. The van der Waals surface area contributed by atoms with Gasteiger partial charge in [0.1, 0.15) is 0 Å². The van der Waals surface area contributed by atoms with Crippen LogP contribution in [0.1, 0.15) is 23.3 Å². The lowest BCUT2D eigenvalue weighted by Gasteiger charge is -2.08. The van der Waals surface area contributed by atoms with Crippen LogP contribution < -0.4 is 0 Å². The first kappa shape index (κ1) is 10.4. The number of hydrogen-bond donors (Lipinski definition) is 1. The molecule has 0 heterocycles. The van der Waals surface area contributed by atoms with Gasteiger partial charge in [-0.15, -0.1) is 0 Å². The van der Waals surface area contributed by atoms with Gasteiger partial charge in [0.25, 0.3) is 0 Å². The average Bonchev–Trinajstić information content (AvgIpc) is 2.03. The average molecular weight is 206 g/mol. The summed E-state index contributed by atoms with van der Waals surface area (Å²) >= 11 is 4.11. The lowest BCUT2D eigenvalue weighted by molar-refractivity contribution is -0.137. The fourth-order valence-corrected chi connectivity index (χ4v) is 1.12. The second-order valence-corrected chi connectivity index (χ2v) is 3.57. The predicted molar refractivity (Wildman–Crippen MR) is 48.8 cm³/mol. The number of alkyl halides is 3. The zero-order valence-corrected chi connectivity index (χ0v) is 7.86. The maximum absolute atomic E-state index is 12.1. The van der Waals surface area contributed by atoms with Crippen molar-refractivity contribution in [2.75, 3.05) is 0 Å². The number of hydrogen-bond acceptors (Lipinski definition) is 1. The Bertz CT molecular complexity index is 274. The van der Waals surface area contributed by atoms with Gasteiger partial charge in [-0.1, -0.05) is 12.1 Å². The van der Waals surface area contributed by atoms with Crippen molar-refractivity contribution in [1.82, 2.24) is 0 Å². The zero-order valence-electron chi connectivity index (χ0n) is 6.97. The maximum Gasteiger partial charge on any atom is 0.416 e. The van der Waals surface area contributed by atoms with Crippen LogP contribution >= 0.6 is 12.6 Å². The third-order valence-corrected chi connectivity index (χ3v) is 2.02. The summed E-state index contributed by atoms with van der Waals surface area (Å²) in [4.78, 5) is 0. The van der Waals surface area contributed by atoms with E-state index in [9.17, 15) is 13.2 Å². The van der Waals surface area contributed by atoms with Crippen molar-refractivity contribution >= 4 is 12.6 Å². The first-order valence-electron chi connectivity index (χ1n) is 3.76. The molecule has 0 fully saturated rings. The second-order valence-electron chi connectivity index (χ2n) is 2.80. The molecule has 0 aliphatic heterocycles. The first-order valence-corrected chi connectivity index (χ1v) is 4.28. The molecule has 0 bridgehead atoms. The van der Waals surface area contributed by atoms with E-state index in [0.717, 1.165) is 17.7 Å². The van der Waals surface area contributed by atoms with Crippen molar-refractivity contribution in [3.63, 3.8) is 0 Å². The van der Waals surface area contributed by atoms with E-state index in [-0.39, 0.29) is 5.25 Å². The van der Waals surface area contributed by atoms with Crippen LogP contribution in [0.15, 0.2) is 24.3 Å². The van der Waals surface area contributed by atoms with Gasteiger partial charge in [-0.2, -0.15) is 25.8 Å². The standard InChI is InChI=1S/C9H9F3S/c1-6(13)7-2-4-8(5-3-7)9(10,11)12/h2-6,13H,1H3/t6-/m1/s1. The Morgan fingerprint density at radius 1 is 1.15 bits per heavy atom. The van der Waals surface area contributed by atoms with Crippen LogP contribution in [-0.4, -0.2) is 0 Å². The Morgan fingerprint density at radius 2 is 1.62 bits per heavy atom. The van der Waals surface area contributed by atoms with E-state index in [4.69, 9.17) is 0 Å². The van der Waals surface area contributed by atoms with Gasteiger partial charge in [0.15, 0.2) is 0 Å². The van der Waals surface area contributed by atoms with Crippen molar-refractivity contribution in [1.29, 1.82) is 0 Å².